The first-order chi connectivity index (χ1) is 8.30. The number of nitrogens with two attached hydrogens (primary N) is 1. The molecule has 2 rings (SSSR count). The smallest absolute Gasteiger partial charge is 0.170 e. The maximum absolute atomic E-state index is 13.1. The van der Waals surface area contributed by atoms with Crippen LogP contribution in [-0.4, -0.2) is 15.0 Å². The number of anilines is 1. The summed E-state index contributed by atoms with van der Waals surface area (Å²) >= 11 is 2.07. The second-order valence-corrected chi connectivity index (χ2v) is 6.24. The summed E-state index contributed by atoms with van der Waals surface area (Å²) in [5.74, 6) is 0.135. The fraction of sp³-hybridized carbons (Fsp3) is 0.333. The number of aromatic nitrogens is 3. The Morgan fingerprint density at radius 3 is 2.56 bits per heavy atom. The normalized spacial score (nSPS) is 11.8. The van der Waals surface area contributed by atoms with Gasteiger partial charge in [0.15, 0.2) is 5.82 Å². The highest BCUT2D eigenvalue weighted by Crippen LogP contribution is 2.29. The summed E-state index contributed by atoms with van der Waals surface area (Å²) in [5.41, 5.74) is 7.29. The molecule has 0 unspecified atom stereocenters. The molecule has 6 heteroatoms. The van der Waals surface area contributed by atoms with Gasteiger partial charge in [-0.1, -0.05) is 26.0 Å². The molecule has 0 atom stereocenters. The Morgan fingerprint density at radius 2 is 2.00 bits per heavy atom. The molecule has 2 aromatic rings. The van der Waals surface area contributed by atoms with Crippen LogP contribution in [0.25, 0.3) is 5.69 Å². The van der Waals surface area contributed by atoms with Crippen LogP contribution in [0.5, 0.6) is 0 Å². The van der Waals surface area contributed by atoms with Crippen LogP contribution in [0, 0.1) is 9.39 Å². The predicted molar refractivity (Wildman–Crippen MR) is 77.1 cm³/mol. The topological polar surface area (TPSA) is 56.7 Å². The lowest BCUT2D eigenvalue weighted by Crippen LogP contribution is -2.19. The molecule has 96 valence electrons. The third kappa shape index (κ3) is 2.33. The zero-order chi connectivity index (χ0) is 13.5. The standard InChI is InChI=1S/C12H14FIN4/c1-12(2,3)10-11(15)16-17-18(10)9-5-4-7(13)6-8(9)14/h4-6H,15H2,1-3H3. The van der Waals surface area contributed by atoms with Crippen molar-refractivity contribution in [1.29, 1.82) is 0 Å². The maximum atomic E-state index is 13.1. The first kappa shape index (κ1) is 13.3. The van der Waals surface area contributed by atoms with Gasteiger partial charge < -0.3 is 5.73 Å². The van der Waals surface area contributed by atoms with E-state index in [1.54, 1.807) is 10.7 Å². The van der Waals surface area contributed by atoms with E-state index in [-0.39, 0.29) is 11.2 Å². The van der Waals surface area contributed by atoms with E-state index < -0.39 is 0 Å². The van der Waals surface area contributed by atoms with Crippen LogP contribution in [-0.2, 0) is 5.41 Å². The van der Waals surface area contributed by atoms with Crippen molar-refractivity contribution in [3.8, 4) is 5.69 Å². The molecular formula is C12H14FIN4. The summed E-state index contributed by atoms with van der Waals surface area (Å²) in [4.78, 5) is 0. The number of nitrogen functional groups attached to an aromatic ring is 1. The molecule has 0 saturated heterocycles. The van der Waals surface area contributed by atoms with Gasteiger partial charge in [-0.15, -0.1) is 5.10 Å². The summed E-state index contributed by atoms with van der Waals surface area (Å²) in [6.45, 7) is 6.11. The average molecular weight is 360 g/mol. The Kier molecular flexibility index (Phi) is 3.31. The molecule has 0 amide bonds. The third-order valence-corrected chi connectivity index (χ3v) is 3.41. The van der Waals surface area contributed by atoms with Gasteiger partial charge in [-0.2, -0.15) is 0 Å². The summed E-state index contributed by atoms with van der Waals surface area (Å²) in [7, 11) is 0. The van der Waals surface area contributed by atoms with Gasteiger partial charge in [-0.05, 0) is 40.8 Å². The van der Waals surface area contributed by atoms with Gasteiger partial charge in [0.1, 0.15) is 5.82 Å². The molecule has 0 aliphatic heterocycles. The Morgan fingerprint density at radius 1 is 1.33 bits per heavy atom. The molecular weight excluding hydrogens is 346 g/mol. The molecule has 0 saturated carbocycles. The molecule has 18 heavy (non-hydrogen) atoms. The second kappa shape index (κ2) is 4.49. The van der Waals surface area contributed by atoms with E-state index in [2.05, 4.69) is 32.9 Å². The van der Waals surface area contributed by atoms with Crippen molar-refractivity contribution in [1.82, 2.24) is 15.0 Å². The quantitative estimate of drug-likeness (QED) is 0.796. The minimum atomic E-state index is -0.270. The van der Waals surface area contributed by atoms with Crippen LogP contribution in [0.15, 0.2) is 18.2 Å². The van der Waals surface area contributed by atoms with Gasteiger partial charge in [0, 0.05) is 8.99 Å². The van der Waals surface area contributed by atoms with Crippen LogP contribution >= 0.6 is 22.6 Å². The molecule has 0 aliphatic carbocycles. The largest absolute Gasteiger partial charge is 0.381 e. The first-order valence-corrected chi connectivity index (χ1v) is 6.55. The predicted octanol–water partition coefficient (Wildman–Crippen LogP) is 2.89. The highest BCUT2D eigenvalue weighted by molar-refractivity contribution is 14.1. The Hall–Kier alpha value is -1.18. The lowest BCUT2D eigenvalue weighted by Gasteiger charge is -2.20. The van der Waals surface area contributed by atoms with Crippen molar-refractivity contribution in [2.45, 2.75) is 26.2 Å². The number of hydrogen-bond donors (Lipinski definition) is 1. The molecule has 2 N–H and O–H groups in total. The van der Waals surface area contributed by atoms with E-state index in [0.29, 0.717) is 5.82 Å². The summed E-state index contributed by atoms with van der Waals surface area (Å²) in [6, 6.07) is 4.54. The van der Waals surface area contributed by atoms with Gasteiger partial charge in [0.2, 0.25) is 0 Å². The Labute approximate surface area is 119 Å². The number of benzene rings is 1. The minimum absolute atomic E-state index is 0.189. The summed E-state index contributed by atoms with van der Waals surface area (Å²) < 4.78 is 15.6. The Bertz CT molecular complexity index is 586. The highest BCUT2D eigenvalue weighted by atomic mass is 127. The number of rotatable bonds is 1. The van der Waals surface area contributed by atoms with Gasteiger partial charge in [-0.25, -0.2) is 9.07 Å². The van der Waals surface area contributed by atoms with Gasteiger partial charge in [-0.3, -0.25) is 0 Å². The van der Waals surface area contributed by atoms with Gasteiger partial charge in [0.05, 0.1) is 11.4 Å². The van der Waals surface area contributed by atoms with Crippen molar-refractivity contribution >= 4 is 28.4 Å². The second-order valence-electron chi connectivity index (χ2n) is 5.08. The molecule has 0 bridgehead atoms. The van der Waals surface area contributed by atoms with E-state index in [9.17, 15) is 4.39 Å². The molecule has 0 radical (unpaired) electrons. The van der Waals surface area contributed by atoms with Crippen molar-refractivity contribution in [2.75, 3.05) is 5.73 Å². The van der Waals surface area contributed by atoms with Crippen LogP contribution in [0.2, 0.25) is 0 Å². The van der Waals surface area contributed by atoms with E-state index in [1.165, 1.54) is 12.1 Å². The first-order valence-electron chi connectivity index (χ1n) is 5.48. The van der Waals surface area contributed by atoms with E-state index in [4.69, 9.17) is 5.73 Å². The molecule has 4 nitrogen and oxygen atoms in total. The molecule has 1 heterocycles. The monoisotopic (exact) mass is 360 g/mol. The van der Waals surface area contributed by atoms with Crippen molar-refractivity contribution in [2.24, 2.45) is 0 Å². The van der Waals surface area contributed by atoms with Crippen LogP contribution in [0.4, 0.5) is 10.2 Å². The fourth-order valence-electron chi connectivity index (χ4n) is 1.82. The highest BCUT2D eigenvalue weighted by Gasteiger charge is 2.25. The van der Waals surface area contributed by atoms with Crippen molar-refractivity contribution in [3.05, 3.63) is 33.3 Å². The molecule has 0 spiro atoms. The van der Waals surface area contributed by atoms with Crippen LogP contribution in [0.1, 0.15) is 26.5 Å². The van der Waals surface area contributed by atoms with E-state index in [0.717, 1.165) is 15.0 Å². The number of halogens is 2. The third-order valence-electron chi connectivity index (χ3n) is 2.54. The van der Waals surface area contributed by atoms with E-state index in [1.807, 2.05) is 20.8 Å². The van der Waals surface area contributed by atoms with Crippen LogP contribution < -0.4 is 5.73 Å². The van der Waals surface area contributed by atoms with E-state index >= 15 is 0 Å². The van der Waals surface area contributed by atoms with Crippen LogP contribution in [0.3, 0.4) is 0 Å². The number of nitrogens with zero attached hydrogens (tertiary/aromatic N) is 3. The zero-order valence-electron chi connectivity index (χ0n) is 10.4. The molecule has 0 aliphatic rings. The molecule has 1 aromatic carbocycles. The fourth-order valence-corrected chi connectivity index (χ4v) is 2.52. The average Bonchev–Trinajstić information content (AvgIpc) is 2.59. The molecule has 1 aromatic heterocycles. The van der Waals surface area contributed by atoms with Crippen molar-refractivity contribution < 1.29 is 4.39 Å². The maximum Gasteiger partial charge on any atom is 0.170 e. The molecule has 0 fully saturated rings. The van der Waals surface area contributed by atoms with Crippen molar-refractivity contribution in [3.63, 3.8) is 0 Å². The Balaban J connectivity index is 2.65. The lowest BCUT2D eigenvalue weighted by atomic mass is 9.91. The number of hydrogen-bond acceptors (Lipinski definition) is 3. The zero-order valence-corrected chi connectivity index (χ0v) is 12.6. The summed E-state index contributed by atoms with van der Waals surface area (Å²) in [6.07, 6.45) is 0. The van der Waals surface area contributed by atoms with Gasteiger partial charge in [0.25, 0.3) is 0 Å². The lowest BCUT2D eigenvalue weighted by molar-refractivity contribution is 0.543. The summed E-state index contributed by atoms with van der Waals surface area (Å²) in [5, 5.41) is 7.97. The minimum Gasteiger partial charge on any atom is -0.381 e. The van der Waals surface area contributed by atoms with Gasteiger partial charge >= 0.3 is 0 Å². The SMILES string of the molecule is CC(C)(C)c1c(N)nnn1-c1ccc(F)cc1I.